The number of rotatable bonds is 6. The summed E-state index contributed by atoms with van der Waals surface area (Å²) in [4.78, 5) is 20.0. The Kier molecular flexibility index (Phi) is 9.08. The van der Waals surface area contributed by atoms with Crippen molar-refractivity contribution in [2.24, 2.45) is 22.9 Å². The van der Waals surface area contributed by atoms with Gasteiger partial charge in [0.05, 0.1) is 45.9 Å². The molecule has 3 N–H and O–H groups in total. The molecule has 0 bridgehead atoms. The minimum absolute atomic E-state index is 0.0706. The Balaban J connectivity index is 1.22. The number of nitrogens with one attached hydrogen (secondary N) is 1. The normalized spacial score (nSPS) is 29.7. The highest BCUT2D eigenvalue weighted by atomic mass is 35.5. The third kappa shape index (κ3) is 5.94. The Morgan fingerprint density at radius 1 is 1.07 bits per heavy atom. The number of fused-ring (bicyclic) bond motifs is 3. The molecule has 46 heavy (non-hydrogen) atoms. The van der Waals surface area contributed by atoms with Gasteiger partial charge in [-0.3, -0.25) is 9.80 Å². The van der Waals surface area contributed by atoms with Gasteiger partial charge >= 0.3 is 0 Å². The number of benzene rings is 1. The van der Waals surface area contributed by atoms with Crippen LogP contribution in [0.1, 0.15) is 97.6 Å². The Labute approximate surface area is 276 Å². The molecule has 9 nitrogen and oxygen atoms in total. The monoisotopic (exact) mass is 644 g/mol. The molecule has 1 amide bonds. The van der Waals surface area contributed by atoms with Crippen molar-refractivity contribution < 1.29 is 15.0 Å². The zero-order chi connectivity index (χ0) is 31.9. The lowest BCUT2D eigenvalue weighted by Crippen LogP contribution is -2.45. The summed E-state index contributed by atoms with van der Waals surface area (Å²) in [6.07, 6.45) is 8.99. The number of hydrogen-bond donors (Lipinski definition) is 3. The zero-order valence-electron chi connectivity index (χ0n) is 26.7. The minimum Gasteiger partial charge on any atom is -0.393 e. The number of aliphatic hydroxyl groups excluding tert-OH is 2. The van der Waals surface area contributed by atoms with Gasteiger partial charge in [0.15, 0.2) is 0 Å². The molecule has 6 atom stereocenters. The Morgan fingerprint density at radius 3 is 2.63 bits per heavy atom. The Bertz CT molecular complexity index is 1550. The summed E-state index contributed by atoms with van der Waals surface area (Å²) >= 11 is 6.76. The van der Waals surface area contributed by atoms with Crippen LogP contribution in [0.3, 0.4) is 0 Å². The standard InChI is InChI=1S/C36H45ClN6O3/c1-2-3-21-17-24(18-30(37)29(21)20-38)43-35(23-5-4-22(16-23)33-19-26(45)10-13-39-33)28-7-8-31-27(34(28)41-43)6-9-32(40-31)36(46)42-14-11-25(44)12-15-42/h6,9,17-18,22-23,25-26,28,33,35,39,44-45H,2-5,7-8,10-16,19H2,1H3/t22?,23?,26?,28-,33?,35-/m0/s1. The topological polar surface area (TPSA) is 125 Å². The lowest BCUT2D eigenvalue weighted by molar-refractivity contribution is 0.0541. The molecule has 5 aliphatic rings. The van der Waals surface area contributed by atoms with Crippen LogP contribution < -0.4 is 10.3 Å². The SMILES string of the molecule is CCCc1cc(N2N=C3c4ccc(C(=O)N5CCC(O)CC5)nc4CC[C@@H]3[C@@H]2C2CCC(C3CC(O)CCN3)C2)cc(Cl)c1C#N. The Hall–Kier alpha value is -3.03. The van der Waals surface area contributed by atoms with Gasteiger partial charge in [0.1, 0.15) is 11.8 Å². The highest BCUT2D eigenvalue weighted by Gasteiger charge is 2.48. The molecule has 4 heterocycles. The summed E-state index contributed by atoms with van der Waals surface area (Å²) < 4.78 is 0. The third-order valence-corrected chi connectivity index (χ3v) is 11.5. The summed E-state index contributed by atoms with van der Waals surface area (Å²) in [5, 5.41) is 41.9. The average Bonchev–Trinajstić information content (AvgIpc) is 3.70. The number of pyridine rings is 1. The zero-order valence-corrected chi connectivity index (χ0v) is 27.4. The van der Waals surface area contributed by atoms with E-state index >= 15 is 0 Å². The number of aromatic nitrogens is 1. The maximum atomic E-state index is 13.3. The van der Waals surface area contributed by atoms with Crippen LogP contribution in [0.4, 0.5) is 5.69 Å². The van der Waals surface area contributed by atoms with E-state index in [1.165, 1.54) is 0 Å². The van der Waals surface area contributed by atoms with Gasteiger partial charge in [-0.2, -0.15) is 10.4 Å². The van der Waals surface area contributed by atoms with Crippen molar-refractivity contribution in [1.82, 2.24) is 15.2 Å². The van der Waals surface area contributed by atoms with E-state index in [1.54, 1.807) is 4.90 Å². The van der Waals surface area contributed by atoms with Crippen LogP contribution in [0.15, 0.2) is 29.4 Å². The fraction of sp³-hybridized carbons (Fsp3) is 0.611. The van der Waals surface area contributed by atoms with Crippen LogP contribution in [-0.2, 0) is 12.8 Å². The van der Waals surface area contributed by atoms with Crippen molar-refractivity contribution in [1.29, 1.82) is 5.26 Å². The van der Waals surface area contributed by atoms with Gasteiger partial charge in [-0.05, 0) is 112 Å². The molecule has 244 valence electrons. The number of aryl methyl sites for hydroxylation is 2. The van der Waals surface area contributed by atoms with Crippen LogP contribution >= 0.6 is 11.6 Å². The van der Waals surface area contributed by atoms with Gasteiger partial charge in [0, 0.05) is 30.6 Å². The van der Waals surface area contributed by atoms with Gasteiger partial charge < -0.3 is 20.4 Å². The number of hydrazone groups is 1. The van der Waals surface area contributed by atoms with Crippen LogP contribution in [0.5, 0.6) is 0 Å². The van der Waals surface area contributed by atoms with E-state index in [0.29, 0.717) is 60.1 Å². The molecule has 1 aromatic heterocycles. The summed E-state index contributed by atoms with van der Waals surface area (Å²) in [6, 6.07) is 10.7. The highest BCUT2D eigenvalue weighted by Crippen LogP contribution is 2.47. The molecule has 3 aliphatic heterocycles. The minimum atomic E-state index is -0.335. The number of likely N-dealkylation sites (tertiary alicyclic amines) is 1. The number of amides is 1. The molecular weight excluding hydrogens is 600 g/mol. The number of piperidine rings is 2. The van der Waals surface area contributed by atoms with Gasteiger partial charge in [-0.25, -0.2) is 4.98 Å². The van der Waals surface area contributed by atoms with Crippen molar-refractivity contribution in [2.45, 2.75) is 102 Å². The van der Waals surface area contributed by atoms with Gasteiger partial charge in [-0.15, -0.1) is 0 Å². The highest BCUT2D eigenvalue weighted by molar-refractivity contribution is 6.32. The molecule has 0 radical (unpaired) electrons. The van der Waals surface area contributed by atoms with Crippen LogP contribution in [0, 0.1) is 29.1 Å². The molecule has 7 rings (SSSR count). The number of carbonyl (C=O) groups is 1. The number of halogens is 1. The molecule has 2 aromatic rings. The van der Waals surface area contributed by atoms with Crippen molar-refractivity contribution in [3.63, 3.8) is 0 Å². The molecule has 0 spiro atoms. The van der Waals surface area contributed by atoms with E-state index < -0.39 is 0 Å². The average molecular weight is 645 g/mol. The van der Waals surface area contributed by atoms with E-state index in [4.69, 9.17) is 21.7 Å². The van der Waals surface area contributed by atoms with Crippen LogP contribution in [-0.4, -0.2) is 75.6 Å². The third-order valence-electron chi connectivity index (χ3n) is 11.2. The summed E-state index contributed by atoms with van der Waals surface area (Å²) in [6.45, 7) is 4.09. The van der Waals surface area contributed by atoms with Crippen LogP contribution in [0.25, 0.3) is 0 Å². The lowest BCUT2D eigenvalue weighted by Gasteiger charge is -2.36. The molecule has 2 aliphatic carbocycles. The predicted octanol–water partition coefficient (Wildman–Crippen LogP) is 4.84. The quantitative estimate of drug-likeness (QED) is 0.411. The van der Waals surface area contributed by atoms with Crippen molar-refractivity contribution >= 4 is 28.9 Å². The lowest BCUT2D eigenvalue weighted by atomic mass is 9.75. The molecule has 2 saturated heterocycles. The van der Waals surface area contributed by atoms with E-state index in [-0.39, 0.29) is 30.1 Å². The summed E-state index contributed by atoms with van der Waals surface area (Å²) in [5.41, 5.74) is 5.88. The largest absolute Gasteiger partial charge is 0.393 e. The molecule has 3 fully saturated rings. The molecular formula is C36H45ClN6O3. The molecule has 4 unspecified atom stereocenters. The number of anilines is 1. The second-order valence-electron chi connectivity index (χ2n) is 14.1. The molecule has 10 heteroatoms. The first-order valence-electron chi connectivity index (χ1n) is 17.3. The number of nitrogens with zero attached hydrogens (tertiary/aromatic N) is 5. The number of nitriles is 1. The van der Waals surface area contributed by atoms with E-state index in [9.17, 15) is 20.3 Å². The number of aliphatic hydroxyl groups is 2. The number of hydrogen-bond acceptors (Lipinski definition) is 8. The first kappa shape index (κ1) is 31.6. The molecule has 1 saturated carbocycles. The van der Waals surface area contributed by atoms with Crippen molar-refractivity contribution in [3.8, 4) is 6.07 Å². The van der Waals surface area contributed by atoms with Gasteiger partial charge in [0.25, 0.3) is 5.91 Å². The van der Waals surface area contributed by atoms with Crippen molar-refractivity contribution in [3.05, 3.63) is 57.4 Å². The second kappa shape index (κ2) is 13.2. The summed E-state index contributed by atoms with van der Waals surface area (Å²) in [7, 11) is 0. The fourth-order valence-electron chi connectivity index (χ4n) is 8.86. The first-order valence-corrected chi connectivity index (χ1v) is 17.7. The smallest absolute Gasteiger partial charge is 0.272 e. The van der Waals surface area contributed by atoms with E-state index in [0.717, 1.165) is 92.6 Å². The molecule has 1 aromatic carbocycles. The van der Waals surface area contributed by atoms with Crippen LogP contribution in [0.2, 0.25) is 5.02 Å². The fourth-order valence-corrected chi connectivity index (χ4v) is 9.14. The predicted molar refractivity (Wildman–Crippen MR) is 178 cm³/mol. The maximum Gasteiger partial charge on any atom is 0.272 e. The van der Waals surface area contributed by atoms with Crippen molar-refractivity contribution in [2.75, 3.05) is 24.6 Å². The summed E-state index contributed by atoms with van der Waals surface area (Å²) in [5.74, 6) is 1.09. The van der Waals surface area contributed by atoms with Gasteiger partial charge in [-0.1, -0.05) is 24.9 Å². The maximum absolute atomic E-state index is 13.3. The van der Waals surface area contributed by atoms with Gasteiger partial charge in [0.2, 0.25) is 0 Å². The van der Waals surface area contributed by atoms with E-state index in [1.807, 2.05) is 18.2 Å². The first-order chi connectivity index (χ1) is 22.3. The van der Waals surface area contributed by atoms with E-state index in [2.05, 4.69) is 29.4 Å². The number of carbonyl (C=O) groups excluding carboxylic acids is 1. The second-order valence-corrected chi connectivity index (χ2v) is 14.5. The Morgan fingerprint density at radius 2 is 1.87 bits per heavy atom.